The van der Waals surface area contributed by atoms with Gasteiger partial charge in [0.25, 0.3) is 0 Å². The van der Waals surface area contributed by atoms with Crippen molar-refractivity contribution in [2.45, 2.75) is 52.7 Å². The van der Waals surface area contributed by atoms with Gasteiger partial charge in [-0.15, -0.1) is 0 Å². The van der Waals surface area contributed by atoms with Crippen molar-refractivity contribution < 1.29 is 4.52 Å². The number of nitrogens with one attached hydrogen (secondary N) is 1. The van der Waals surface area contributed by atoms with Crippen LogP contribution in [0.3, 0.4) is 0 Å². The molecule has 0 aromatic carbocycles. The fourth-order valence-electron chi connectivity index (χ4n) is 2.43. The van der Waals surface area contributed by atoms with Crippen molar-refractivity contribution in [1.82, 2.24) is 15.4 Å². The standard InChI is InChI=1S/C14H25N3O/c1-11(2)8-15-9-13-7-14(18-16-13)10-17-6-4-5-12(17)3/h7,11-12,15H,4-6,8-10H2,1-3H3. The van der Waals surface area contributed by atoms with Crippen LogP contribution in [-0.4, -0.2) is 29.2 Å². The van der Waals surface area contributed by atoms with Crippen molar-refractivity contribution in [3.8, 4) is 0 Å². The smallest absolute Gasteiger partial charge is 0.151 e. The number of likely N-dealkylation sites (tertiary alicyclic amines) is 1. The molecule has 1 atom stereocenters. The first-order chi connectivity index (χ1) is 8.65. The summed E-state index contributed by atoms with van der Waals surface area (Å²) in [5.74, 6) is 1.66. The van der Waals surface area contributed by atoms with E-state index in [1.165, 1.54) is 19.4 Å². The van der Waals surface area contributed by atoms with Crippen LogP contribution in [0.15, 0.2) is 10.6 Å². The summed E-state index contributed by atoms with van der Waals surface area (Å²) < 4.78 is 5.40. The normalized spacial score (nSPS) is 21.0. The van der Waals surface area contributed by atoms with Gasteiger partial charge in [-0.1, -0.05) is 19.0 Å². The number of hydrogen-bond donors (Lipinski definition) is 1. The Labute approximate surface area is 110 Å². The highest BCUT2D eigenvalue weighted by atomic mass is 16.5. The minimum atomic E-state index is 0.668. The zero-order chi connectivity index (χ0) is 13.0. The van der Waals surface area contributed by atoms with Gasteiger partial charge in [0.1, 0.15) is 0 Å². The lowest BCUT2D eigenvalue weighted by Crippen LogP contribution is -2.25. The fraction of sp³-hybridized carbons (Fsp3) is 0.786. The van der Waals surface area contributed by atoms with E-state index in [-0.39, 0.29) is 0 Å². The first-order valence-corrected chi connectivity index (χ1v) is 7.04. The van der Waals surface area contributed by atoms with Crippen LogP contribution in [-0.2, 0) is 13.1 Å². The molecule has 4 nitrogen and oxygen atoms in total. The van der Waals surface area contributed by atoms with E-state index in [9.17, 15) is 0 Å². The fourth-order valence-corrected chi connectivity index (χ4v) is 2.43. The van der Waals surface area contributed by atoms with Gasteiger partial charge in [-0.25, -0.2) is 0 Å². The second-order valence-corrected chi connectivity index (χ2v) is 5.77. The summed E-state index contributed by atoms with van der Waals surface area (Å²) in [7, 11) is 0. The Morgan fingerprint density at radius 1 is 1.56 bits per heavy atom. The molecule has 1 N–H and O–H groups in total. The Balaban J connectivity index is 1.78. The molecule has 0 aliphatic carbocycles. The van der Waals surface area contributed by atoms with Gasteiger partial charge >= 0.3 is 0 Å². The third kappa shape index (κ3) is 3.82. The van der Waals surface area contributed by atoms with Gasteiger partial charge in [-0.2, -0.15) is 0 Å². The Kier molecular flexibility index (Phi) is 4.78. The van der Waals surface area contributed by atoms with E-state index in [4.69, 9.17) is 4.52 Å². The van der Waals surface area contributed by atoms with Crippen LogP contribution >= 0.6 is 0 Å². The molecule has 1 saturated heterocycles. The van der Waals surface area contributed by atoms with E-state index in [2.05, 4.69) is 42.2 Å². The van der Waals surface area contributed by atoms with Crippen LogP contribution in [0.2, 0.25) is 0 Å². The summed E-state index contributed by atoms with van der Waals surface area (Å²) in [6, 6.07) is 2.76. The molecule has 2 rings (SSSR count). The number of hydrogen-bond acceptors (Lipinski definition) is 4. The lowest BCUT2D eigenvalue weighted by molar-refractivity contribution is 0.225. The first-order valence-electron chi connectivity index (χ1n) is 7.04. The molecule has 18 heavy (non-hydrogen) atoms. The molecule has 0 saturated carbocycles. The van der Waals surface area contributed by atoms with Gasteiger partial charge in [0.15, 0.2) is 5.76 Å². The van der Waals surface area contributed by atoms with Gasteiger partial charge in [0.05, 0.1) is 12.2 Å². The molecule has 1 aliphatic rings. The van der Waals surface area contributed by atoms with Crippen molar-refractivity contribution in [2.75, 3.05) is 13.1 Å². The largest absolute Gasteiger partial charge is 0.360 e. The summed E-state index contributed by atoms with van der Waals surface area (Å²) in [6.07, 6.45) is 2.61. The third-order valence-electron chi connectivity index (χ3n) is 3.52. The van der Waals surface area contributed by atoms with Crippen molar-refractivity contribution >= 4 is 0 Å². The molecule has 102 valence electrons. The highest BCUT2D eigenvalue weighted by molar-refractivity contribution is 5.05. The third-order valence-corrected chi connectivity index (χ3v) is 3.52. The van der Waals surface area contributed by atoms with Crippen molar-refractivity contribution in [1.29, 1.82) is 0 Å². The summed E-state index contributed by atoms with van der Waals surface area (Å²) in [5, 5.41) is 7.50. The zero-order valence-corrected chi connectivity index (χ0v) is 11.8. The van der Waals surface area contributed by atoms with Gasteiger partial charge in [0.2, 0.25) is 0 Å². The molecule has 2 heterocycles. The minimum absolute atomic E-state index is 0.668. The van der Waals surface area contributed by atoms with E-state index in [1.807, 2.05) is 0 Å². The Bertz CT molecular complexity index is 362. The van der Waals surface area contributed by atoms with E-state index < -0.39 is 0 Å². The second kappa shape index (κ2) is 6.34. The molecule has 4 heteroatoms. The predicted molar refractivity (Wildman–Crippen MR) is 72.2 cm³/mol. The lowest BCUT2D eigenvalue weighted by Gasteiger charge is -2.18. The molecule has 1 fully saturated rings. The van der Waals surface area contributed by atoms with E-state index >= 15 is 0 Å². The lowest BCUT2D eigenvalue weighted by atomic mass is 10.2. The summed E-state index contributed by atoms with van der Waals surface area (Å²) in [6.45, 7) is 10.6. The monoisotopic (exact) mass is 251 g/mol. The molecule has 0 amide bonds. The average Bonchev–Trinajstić information content (AvgIpc) is 2.90. The number of aromatic nitrogens is 1. The van der Waals surface area contributed by atoms with E-state index in [0.29, 0.717) is 12.0 Å². The highest BCUT2D eigenvalue weighted by Gasteiger charge is 2.21. The molecule has 0 spiro atoms. The van der Waals surface area contributed by atoms with Gasteiger partial charge in [-0.05, 0) is 38.8 Å². The maximum Gasteiger partial charge on any atom is 0.151 e. The van der Waals surface area contributed by atoms with Crippen molar-refractivity contribution in [2.24, 2.45) is 5.92 Å². The Morgan fingerprint density at radius 3 is 3.06 bits per heavy atom. The van der Waals surface area contributed by atoms with Gasteiger partial charge < -0.3 is 9.84 Å². The first kappa shape index (κ1) is 13.6. The second-order valence-electron chi connectivity index (χ2n) is 5.77. The average molecular weight is 251 g/mol. The molecule has 0 bridgehead atoms. The minimum Gasteiger partial charge on any atom is -0.360 e. The van der Waals surface area contributed by atoms with Crippen molar-refractivity contribution in [3.63, 3.8) is 0 Å². The van der Waals surface area contributed by atoms with Gasteiger partial charge in [-0.3, -0.25) is 4.90 Å². The number of nitrogens with zero attached hydrogens (tertiary/aromatic N) is 2. The molecule has 1 aromatic rings. The van der Waals surface area contributed by atoms with E-state index in [0.717, 1.165) is 31.1 Å². The molecule has 1 unspecified atom stereocenters. The molecular formula is C14H25N3O. The summed E-state index contributed by atoms with van der Waals surface area (Å²) >= 11 is 0. The quantitative estimate of drug-likeness (QED) is 0.843. The van der Waals surface area contributed by atoms with Crippen LogP contribution < -0.4 is 5.32 Å². The highest BCUT2D eigenvalue weighted by Crippen LogP contribution is 2.19. The molecule has 1 aromatic heterocycles. The Hall–Kier alpha value is -0.870. The zero-order valence-electron chi connectivity index (χ0n) is 11.8. The van der Waals surface area contributed by atoms with Crippen LogP contribution in [0.1, 0.15) is 45.1 Å². The van der Waals surface area contributed by atoms with E-state index in [1.54, 1.807) is 0 Å². The predicted octanol–water partition coefficient (Wildman–Crippen LogP) is 2.40. The SMILES string of the molecule is CC(C)CNCc1cc(CN2CCCC2C)on1. The van der Waals surface area contributed by atoms with Crippen LogP contribution in [0.5, 0.6) is 0 Å². The topological polar surface area (TPSA) is 41.3 Å². The van der Waals surface area contributed by atoms with Crippen LogP contribution in [0.25, 0.3) is 0 Å². The van der Waals surface area contributed by atoms with Crippen molar-refractivity contribution in [3.05, 3.63) is 17.5 Å². The van der Waals surface area contributed by atoms with Crippen LogP contribution in [0, 0.1) is 5.92 Å². The van der Waals surface area contributed by atoms with Gasteiger partial charge in [0, 0.05) is 18.7 Å². The number of rotatable bonds is 6. The molecular weight excluding hydrogens is 226 g/mol. The molecule has 0 radical (unpaired) electrons. The summed E-state index contributed by atoms with van der Waals surface area (Å²) in [4.78, 5) is 2.46. The maximum atomic E-state index is 5.40. The van der Waals surface area contributed by atoms with Crippen LogP contribution in [0.4, 0.5) is 0 Å². The maximum absolute atomic E-state index is 5.40. The molecule has 1 aliphatic heterocycles. The Morgan fingerprint density at radius 2 is 2.39 bits per heavy atom. The summed E-state index contributed by atoms with van der Waals surface area (Å²) in [5.41, 5.74) is 1.01.